The first kappa shape index (κ1) is 14.2. The molecule has 3 nitrogen and oxygen atoms in total. The molecule has 110 valence electrons. The number of nitrogen functional groups attached to an aromatic ring is 1. The smallest absolute Gasteiger partial charge is 0.0670 e. The van der Waals surface area contributed by atoms with Crippen LogP contribution in [0.3, 0.4) is 0 Å². The summed E-state index contributed by atoms with van der Waals surface area (Å²) >= 11 is 6.17. The molecule has 0 radical (unpaired) electrons. The van der Waals surface area contributed by atoms with Crippen molar-refractivity contribution in [1.29, 1.82) is 0 Å². The Kier molecular flexibility index (Phi) is 4.04. The Morgan fingerprint density at radius 1 is 1.10 bits per heavy atom. The molecule has 2 aromatic rings. The van der Waals surface area contributed by atoms with Gasteiger partial charge in [0.1, 0.15) is 0 Å². The molecule has 0 aliphatic carbocycles. The minimum Gasteiger partial charge on any atom is -0.397 e. The average Bonchev–Trinajstić information content (AvgIpc) is 2.51. The van der Waals surface area contributed by atoms with Crippen LogP contribution in [-0.2, 0) is 0 Å². The summed E-state index contributed by atoms with van der Waals surface area (Å²) in [6, 6.07) is 16.6. The standard InChI is InChI=1S/C17H20ClN3/c1-20-9-10-21(16-11-14(18)7-8-15(16)19)17(12-20)13-5-3-2-4-6-13/h2-8,11,17H,9-10,12,19H2,1H3. The van der Waals surface area contributed by atoms with Crippen LogP contribution in [0.5, 0.6) is 0 Å². The van der Waals surface area contributed by atoms with Crippen LogP contribution >= 0.6 is 11.6 Å². The number of anilines is 2. The summed E-state index contributed by atoms with van der Waals surface area (Å²) in [4.78, 5) is 4.73. The molecule has 0 saturated carbocycles. The number of nitrogens with zero attached hydrogens (tertiary/aromatic N) is 2. The fraction of sp³-hybridized carbons (Fsp3) is 0.294. The van der Waals surface area contributed by atoms with Crippen LogP contribution in [0.4, 0.5) is 11.4 Å². The maximum absolute atomic E-state index is 6.18. The maximum Gasteiger partial charge on any atom is 0.0670 e. The fourth-order valence-electron chi connectivity index (χ4n) is 2.93. The number of nitrogens with two attached hydrogens (primary N) is 1. The second-order valence-electron chi connectivity index (χ2n) is 5.59. The van der Waals surface area contributed by atoms with E-state index in [9.17, 15) is 0 Å². The topological polar surface area (TPSA) is 32.5 Å². The van der Waals surface area contributed by atoms with Gasteiger partial charge in [-0.15, -0.1) is 0 Å². The van der Waals surface area contributed by atoms with Crippen molar-refractivity contribution >= 4 is 23.0 Å². The molecule has 1 atom stereocenters. The lowest BCUT2D eigenvalue weighted by Crippen LogP contribution is -2.47. The monoisotopic (exact) mass is 301 g/mol. The van der Waals surface area contributed by atoms with Gasteiger partial charge in [-0.25, -0.2) is 0 Å². The third-order valence-electron chi connectivity index (χ3n) is 4.07. The second-order valence-corrected chi connectivity index (χ2v) is 6.02. The third kappa shape index (κ3) is 2.99. The second kappa shape index (κ2) is 5.96. The Labute approximate surface area is 130 Å². The minimum absolute atomic E-state index is 0.297. The summed E-state index contributed by atoms with van der Waals surface area (Å²) in [7, 11) is 2.16. The molecule has 2 N–H and O–H groups in total. The molecule has 0 aromatic heterocycles. The minimum atomic E-state index is 0.297. The molecule has 0 spiro atoms. The van der Waals surface area contributed by atoms with Crippen LogP contribution in [0, 0.1) is 0 Å². The van der Waals surface area contributed by atoms with Crippen molar-refractivity contribution in [3.8, 4) is 0 Å². The average molecular weight is 302 g/mol. The van der Waals surface area contributed by atoms with Gasteiger partial charge in [0.15, 0.2) is 0 Å². The summed E-state index contributed by atoms with van der Waals surface area (Å²) in [6.45, 7) is 2.95. The van der Waals surface area contributed by atoms with Crippen LogP contribution < -0.4 is 10.6 Å². The van der Waals surface area contributed by atoms with E-state index < -0.39 is 0 Å². The lowest BCUT2D eigenvalue weighted by Gasteiger charge is -2.42. The molecule has 2 aromatic carbocycles. The largest absolute Gasteiger partial charge is 0.397 e. The molecule has 1 aliphatic rings. The van der Waals surface area contributed by atoms with Gasteiger partial charge >= 0.3 is 0 Å². The lowest BCUT2D eigenvalue weighted by molar-refractivity contribution is 0.269. The van der Waals surface area contributed by atoms with Crippen molar-refractivity contribution in [2.45, 2.75) is 6.04 Å². The van der Waals surface area contributed by atoms with E-state index in [0.717, 1.165) is 36.0 Å². The zero-order valence-electron chi connectivity index (χ0n) is 12.2. The molecule has 1 aliphatic heterocycles. The quantitative estimate of drug-likeness (QED) is 0.863. The molecule has 4 heteroatoms. The molecule has 1 fully saturated rings. The Balaban J connectivity index is 2.00. The number of rotatable bonds is 2. The highest BCUT2D eigenvalue weighted by atomic mass is 35.5. The third-order valence-corrected chi connectivity index (χ3v) is 4.30. The van der Waals surface area contributed by atoms with E-state index in [2.05, 4.69) is 41.1 Å². The van der Waals surface area contributed by atoms with E-state index in [1.165, 1.54) is 5.56 Å². The van der Waals surface area contributed by atoms with Gasteiger partial charge < -0.3 is 15.5 Å². The molecule has 1 saturated heterocycles. The predicted octanol–water partition coefficient (Wildman–Crippen LogP) is 3.42. The Morgan fingerprint density at radius 3 is 2.62 bits per heavy atom. The van der Waals surface area contributed by atoms with Crippen molar-refractivity contribution in [2.75, 3.05) is 37.3 Å². The Hall–Kier alpha value is -1.71. The van der Waals surface area contributed by atoms with Gasteiger partial charge in [0.25, 0.3) is 0 Å². The van der Waals surface area contributed by atoms with E-state index in [1.54, 1.807) is 0 Å². The van der Waals surface area contributed by atoms with Gasteiger partial charge in [0.05, 0.1) is 17.4 Å². The van der Waals surface area contributed by atoms with Crippen molar-refractivity contribution in [2.24, 2.45) is 0 Å². The van der Waals surface area contributed by atoms with Crippen LogP contribution in [0.1, 0.15) is 11.6 Å². The number of halogens is 1. The van der Waals surface area contributed by atoms with Gasteiger partial charge in [-0.3, -0.25) is 0 Å². The van der Waals surface area contributed by atoms with Crippen LogP contribution in [0.2, 0.25) is 5.02 Å². The highest BCUT2D eigenvalue weighted by Gasteiger charge is 2.27. The molecule has 1 unspecified atom stereocenters. The van der Waals surface area contributed by atoms with Crippen molar-refractivity contribution in [1.82, 2.24) is 4.90 Å². The molecular weight excluding hydrogens is 282 g/mol. The highest BCUT2D eigenvalue weighted by molar-refractivity contribution is 6.31. The zero-order chi connectivity index (χ0) is 14.8. The molecular formula is C17H20ClN3. The van der Waals surface area contributed by atoms with E-state index in [1.807, 2.05) is 24.3 Å². The summed E-state index contributed by atoms with van der Waals surface area (Å²) in [6.07, 6.45) is 0. The zero-order valence-corrected chi connectivity index (χ0v) is 12.9. The van der Waals surface area contributed by atoms with Gasteiger partial charge in [0, 0.05) is 24.7 Å². The summed E-state index contributed by atoms with van der Waals surface area (Å²) in [5, 5.41) is 0.727. The van der Waals surface area contributed by atoms with Gasteiger partial charge in [-0.05, 0) is 30.8 Å². The van der Waals surface area contributed by atoms with Crippen molar-refractivity contribution in [3.05, 3.63) is 59.1 Å². The first-order chi connectivity index (χ1) is 10.1. The summed E-state index contributed by atoms with van der Waals surface area (Å²) in [5.74, 6) is 0. The van der Waals surface area contributed by atoms with Crippen molar-refractivity contribution < 1.29 is 0 Å². The first-order valence-electron chi connectivity index (χ1n) is 7.20. The fourth-order valence-corrected chi connectivity index (χ4v) is 3.10. The van der Waals surface area contributed by atoms with E-state index in [4.69, 9.17) is 17.3 Å². The summed E-state index contributed by atoms with van der Waals surface area (Å²) < 4.78 is 0. The number of hydrogen-bond acceptors (Lipinski definition) is 3. The van der Waals surface area contributed by atoms with Crippen molar-refractivity contribution in [3.63, 3.8) is 0 Å². The summed E-state index contributed by atoms with van der Waals surface area (Å²) in [5.41, 5.74) is 9.30. The van der Waals surface area contributed by atoms with E-state index in [0.29, 0.717) is 6.04 Å². The van der Waals surface area contributed by atoms with Gasteiger partial charge in [-0.1, -0.05) is 41.9 Å². The number of piperazine rings is 1. The molecule has 21 heavy (non-hydrogen) atoms. The van der Waals surface area contributed by atoms with Crippen LogP contribution in [0.15, 0.2) is 48.5 Å². The molecule has 0 amide bonds. The Bertz CT molecular complexity index is 615. The lowest BCUT2D eigenvalue weighted by atomic mass is 10.0. The van der Waals surface area contributed by atoms with E-state index >= 15 is 0 Å². The molecule has 0 bridgehead atoms. The maximum atomic E-state index is 6.18. The van der Waals surface area contributed by atoms with Crippen LogP contribution in [-0.4, -0.2) is 31.6 Å². The molecule has 3 rings (SSSR count). The predicted molar refractivity (Wildman–Crippen MR) is 89.9 cm³/mol. The Morgan fingerprint density at radius 2 is 1.86 bits per heavy atom. The highest BCUT2D eigenvalue weighted by Crippen LogP contribution is 2.35. The number of hydrogen-bond donors (Lipinski definition) is 1. The van der Waals surface area contributed by atoms with Crippen LogP contribution in [0.25, 0.3) is 0 Å². The SMILES string of the molecule is CN1CCN(c2cc(Cl)ccc2N)C(c2ccccc2)C1. The molecule has 1 heterocycles. The number of benzene rings is 2. The first-order valence-corrected chi connectivity index (χ1v) is 7.58. The van der Waals surface area contributed by atoms with Gasteiger partial charge in [-0.2, -0.15) is 0 Å². The normalized spacial score (nSPS) is 19.7. The van der Waals surface area contributed by atoms with E-state index in [-0.39, 0.29) is 0 Å². The van der Waals surface area contributed by atoms with Gasteiger partial charge in [0.2, 0.25) is 0 Å². The number of likely N-dealkylation sites (N-methyl/N-ethyl adjacent to an activating group) is 1.